The molecule has 4 atom stereocenters. The van der Waals surface area contributed by atoms with Gasteiger partial charge in [-0.2, -0.15) is 0 Å². The average Bonchev–Trinajstić information content (AvgIpc) is 3.34. The SMILES string of the molecule is O=C(NCCC[C@@H]1CCCC[C@@H]1O)[C@H]1C[C@@H]1c1ccc(F)cc1. The van der Waals surface area contributed by atoms with E-state index in [2.05, 4.69) is 5.32 Å². The van der Waals surface area contributed by atoms with Gasteiger partial charge in [0.25, 0.3) is 0 Å². The summed E-state index contributed by atoms with van der Waals surface area (Å²) in [7, 11) is 0. The molecule has 2 saturated carbocycles. The average molecular weight is 319 g/mol. The Morgan fingerprint density at radius 2 is 1.96 bits per heavy atom. The van der Waals surface area contributed by atoms with Crippen molar-refractivity contribution in [2.75, 3.05) is 6.54 Å². The van der Waals surface area contributed by atoms with Gasteiger partial charge in [-0.15, -0.1) is 0 Å². The first-order chi connectivity index (χ1) is 11.1. The Morgan fingerprint density at radius 3 is 2.70 bits per heavy atom. The molecule has 2 N–H and O–H groups in total. The third kappa shape index (κ3) is 4.31. The number of carbonyl (C=O) groups is 1. The van der Waals surface area contributed by atoms with E-state index in [1.165, 1.54) is 18.6 Å². The van der Waals surface area contributed by atoms with Gasteiger partial charge in [0, 0.05) is 12.5 Å². The lowest BCUT2D eigenvalue weighted by Crippen LogP contribution is -2.29. The molecule has 0 radical (unpaired) electrons. The summed E-state index contributed by atoms with van der Waals surface area (Å²) >= 11 is 0. The van der Waals surface area contributed by atoms with E-state index in [4.69, 9.17) is 0 Å². The Kier molecular flexibility index (Phi) is 5.31. The zero-order valence-corrected chi connectivity index (χ0v) is 13.5. The topological polar surface area (TPSA) is 49.3 Å². The predicted molar refractivity (Wildman–Crippen MR) is 87.5 cm³/mol. The van der Waals surface area contributed by atoms with Gasteiger partial charge in [0.05, 0.1) is 6.10 Å². The van der Waals surface area contributed by atoms with E-state index in [9.17, 15) is 14.3 Å². The molecule has 2 aliphatic rings. The number of amides is 1. The number of carbonyl (C=O) groups excluding carboxylic acids is 1. The van der Waals surface area contributed by atoms with E-state index in [0.717, 1.165) is 44.1 Å². The minimum Gasteiger partial charge on any atom is -0.393 e. The molecule has 4 heteroatoms. The van der Waals surface area contributed by atoms with Crippen LogP contribution in [-0.2, 0) is 4.79 Å². The molecule has 0 spiro atoms. The molecule has 0 aromatic heterocycles. The van der Waals surface area contributed by atoms with Crippen LogP contribution < -0.4 is 5.32 Å². The fraction of sp³-hybridized carbons (Fsp3) is 0.632. The maximum absolute atomic E-state index is 12.9. The number of rotatable bonds is 6. The van der Waals surface area contributed by atoms with Crippen LogP contribution in [0, 0.1) is 17.7 Å². The van der Waals surface area contributed by atoms with Crippen molar-refractivity contribution in [1.29, 1.82) is 0 Å². The number of benzene rings is 1. The first-order valence-electron chi connectivity index (χ1n) is 8.86. The fourth-order valence-corrected chi connectivity index (χ4v) is 3.79. The van der Waals surface area contributed by atoms with Crippen molar-refractivity contribution in [3.8, 4) is 0 Å². The fourth-order valence-electron chi connectivity index (χ4n) is 3.79. The third-order valence-electron chi connectivity index (χ3n) is 5.35. The molecule has 1 amide bonds. The molecule has 126 valence electrons. The van der Waals surface area contributed by atoms with Crippen LogP contribution in [0.25, 0.3) is 0 Å². The maximum atomic E-state index is 12.9. The van der Waals surface area contributed by atoms with Crippen LogP contribution in [0.15, 0.2) is 24.3 Å². The molecule has 0 saturated heterocycles. The van der Waals surface area contributed by atoms with Gasteiger partial charge >= 0.3 is 0 Å². The van der Waals surface area contributed by atoms with Crippen molar-refractivity contribution in [2.24, 2.45) is 11.8 Å². The van der Waals surface area contributed by atoms with Crippen LogP contribution in [0.3, 0.4) is 0 Å². The Labute approximate surface area is 137 Å². The van der Waals surface area contributed by atoms with Crippen molar-refractivity contribution in [1.82, 2.24) is 5.32 Å². The monoisotopic (exact) mass is 319 g/mol. The van der Waals surface area contributed by atoms with Crippen LogP contribution >= 0.6 is 0 Å². The molecule has 0 unspecified atom stereocenters. The summed E-state index contributed by atoms with van der Waals surface area (Å²) in [5.41, 5.74) is 1.05. The molecule has 0 bridgehead atoms. The first kappa shape index (κ1) is 16.4. The molecule has 23 heavy (non-hydrogen) atoms. The highest BCUT2D eigenvalue weighted by molar-refractivity contribution is 5.82. The minimum absolute atomic E-state index is 0.0423. The Bertz CT molecular complexity index is 531. The number of aliphatic hydroxyl groups excluding tert-OH is 1. The van der Waals surface area contributed by atoms with Gasteiger partial charge in [0.1, 0.15) is 5.82 Å². The summed E-state index contributed by atoms with van der Waals surface area (Å²) in [6.07, 6.45) is 7.04. The third-order valence-corrected chi connectivity index (χ3v) is 5.35. The molecular formula is C19H26FNO2. The van der Waals surface area contributed by atoms with E-state index >= 15 is 0 Å². The van der Waals surface area contributed by atoms with E-state index in [0.29, 0.717) is 12.5 Å². The number of nitrogens with one attached hydrogen (secondary N) is 1. The largest absolute Gasteiger partial charge is 0.393 e. The van der Waals surface area contributed by atoms with Crippen LogP contribution in [0.4, 0.5) is 4.39 Å². The van der Waals surface area contributed by atoms with Crippen molar-refractivity contribution >= 4 is 5.91 Å². The van der Waals surface area contributed by atoms with Gasteiger partial charge in [0.2, 0.25) is 5.91 Å². The molecule has 3 rings (SSSR count). The second-order valence-electron chi connectivity index (χ2n) is 7.05. The summed E-state index contributed by atoms with van der Waals surface area (Å²) in [6.45, 7) is 0.689. The molecule has 2 aliphatic carbocycles. The van der Waals surface area contributed by atoms with Gasteiger partial charge in [0.15, 0.2) is 0 Å². The number of hydrogen-bond acceptors (Lipinski definition) is 2. The van der Waals surface area contributed by atoms with Gasteiger partial charge < -0.3 is 10.4 Å². The molecule has 0 aliphatic heterocycles. The lowest BCUT2D eigenvalue weighted by molar-refractivity contribution is -0.122. The molecule has 1 aromatic rings. The Morgan fingerprint density at radius 1 is 1.22 bits per heavy atom. The zero-order valence-electron chi connectivity index (χ0n) is 13.5. The highest BCUT2D eigenvalue weighted by Crippen LogP contribution is 2.47. The molecular weight excluding hydrogens is 293 g/mol. The second-order valence-corrected chi connectivity index (χ2v) is 7.05. The highest BCUT2D eigenvalue weighted by Gasteiger charge is 2.43. The van der Waals surface area contributed by atoms with Gasteiger partial charge in [-0.25, -0.2) is 4.39 Å². The normalized spacial score (nSPS) is 30.0. The van der Waals surface area contributed by atoms with E-state index in [1.54, 1.807) is 12.1 Å². The molecule has 2 fully saturated rings. The number of aliphatic hydroxyl groups is 1. The van der Waals surface area contributed by atoms with Crippen LogP contribution in [0.5, 0.6) is 0 Å². The molecule has 3 nitrogen and oxygen atoms in total. The van der Waals surface area contributed by atoms with Crippen molar-refractivity contribution in [2.45, 2.75) is 57.0 Å². The van der Waals surface area contributed by atoms with Crippen molar-refractivity contribution in [3.63, 3.8) is 0 Å². The predicted octanol–water partition coefficient (Wildman–Crippen LogP) is 3.38. The Hall–Kier alpha value is -1.42. The van der Waals surface area contributed by atoms with Gasteiger partial charge in [-0.1, -0.05) is 25.0 Å². The standard InChI is InChI=1S/C19H26FNO2/c20-15-9-7-13(8-10-15)16-12-17(16)19(23)21-11-3-5-14-4-1-2-6-18(14)22/h7-10,14,16-18,22H,1-6,11-12H2,(H,21,23)/t14-,16+,17-,18-/m0/s1. The van der Waals surface area contributed by atoms with Crippen molar-refractivity contribution < 1.29 is 14.3 Å². The van der Waals surface area contributed by atoms with Crippen molar-refractivity contribution in [3.05, 3.63) is 35.6 Å². The Balaban J connectivity index is 1.35. The summed E-state index contributed by atoms with van der Waals surface area (Å²) < 4.78 is 12.9. The minimum atomic E-state index is -0.236. The molecule has 1 aromatic carbocycles. The van der Waals surface area contributed by atoms with Crippen LogP contribution in [0.2, 0.25) is 0 Å². The highest BCUT2D eigenvalue weighted by atomic mass is 19.1. The maximum Gasteiger partial charge on any atom is 0.223 e. The van der Waals surface area contributed by atoms with Gasteiger partial charge in [-0.3, -0.25) is 4.79 Å². The quantitative estimate of drug-likeness (QED) is 0.790. The first-order valence-corrected chi connectivity index (χ1v) is 8.86. The zero-order chi connectivity index (χ0) is 16.2. The smallest absolute Gasteiger partial charge is 0.223 e. The second kappa shape index (κ2) is 7.43. The lowest BCUT2D eigenvalue weighted by atomic mass is 9.83. The number of halogens is 1. The summed E-state index contributed by atoms with van der Waals surface area (Å²) in [6, 6.07) is 6.46. The van der Waals surface area contributed by atoms with E-state index < -0.39 is 0 Å². The number of hydrogen-bond donors (Lipinski definition) is 2. The summed E-state index contributed by atoms with van der Waals surface area (Å²) in [5.74, 6) is 0.578. The lowest BCUT2D eigenvalue weighted by Gasteiger charge is -2.27. The van der Waals surface area contributed by atoms with E-state index in [1.807, 2.05) is 0 Å². The summed E-state index contributed by atoms with van der Waals surface area (Å²) in [5, 5.41) is 13.0. The molecule has 0 heterocycles. The van der Waals surface area contributed by atoms with Gasteiger partial charge in [-0.05, 0) is 61.6 Å². The summed E-state index contributed by atoms with van der Waals surface area (Å²) in [4.78, 5) is 12.1. The van der Waals surface area contributed by atoms with Crippen LogP contribution in [0.1, 0.15) is 56.4 Å². The van der Waals surface area contributed by atoms with E-state index in [-0.39, 0.29) is 29.7 Å². The van der Waals surface area contributed by atoms with Crippen LogP contribution in [-0.4, -0.2) is 23.7 Å².